The second-order valence-electron chi connectivity index (χ2n) is 19.5. The van der Waals surface area contributed by atoms with E-state index in [4.69, 9.17) is 14.2 Å². The number of hydrogen-bond donors (Lipinski definition) is 0. The molecule has 1 atom stereocenters. The number of esters is 3. The van der Waals surface area contributed by atoms with Crippen LogP contribution in [0.1, 0.15) is 278 Å². The van der Waals surface area contributed by atoms with Crippen molar-refractivity contribution in [2.75, 3.05) is 13.2 Å². The highest BCUT2D eigenvalue weighted by Gasteiger charge is 2.19. The Bertz CT molecular complexity index is 1410. The molecule has 0 fully saturated rings. The Labute approximate surface area is 438 Å². The predicted molar refractivity (Wildman–Crippen MR) is 307 cm³/mol. The second kappa shape index (κ2) is 58.9. The molecule has 0 aliphatic carbocycles. The van der Waals surface area contributed by atoms with E-state index >= 15 is 0 Å². The van der Waals surface area contributed by atoms with Crippen LogP contribution < -0.4 is 0 Å². The molecule has 0 rings (SSSR count). The molecule has 0 radical (unpaired) electrons. The maximum absolute atomic E-state index is 12.9. The van der Waals surface area contributed by atoms with Crippen LogP contribution in [0.4, 0.5) is 0 Å². The number of allylic oxidation sites excluding steroid dienone is 16. The van der Waals surface area contributed by atoms with Gasteiger partial charge in [-0.3, -0.25) is 14.4 Å². The van der Waals surface area contributed by atoms with Crippen molar-refractivity contribution in [3.05, 3.63) is 97.2 Å². The second-order valence-corrected chi connectivity index (χ2v) is 19.5. The summed E-state index contributed by atoms with van der Waals surface area (Å²) in [5.41, 5.74) is 0. The average Bonchev–Trinajstić information content (AvgIpc) is 3.37. The van der Waals surface area contributed by atoms with Crippen molar-refractivity contribution in [1.82, 2.24) is 0 Å². The van der Waals surface area contributed by atoms with Gasteiger partial charge in [0.05, 0.1) is 0 Å². The van der Waals surface area contributed by atoms with Crippen LogP contribution >= 0.6 is 0 Å². The molecule has 0 heterocycles. The highest BCUT2D eigenvalue weighted by molar-refractivity contribution is 5.71. The van der Waals surface area contributed by atoms with E-state index in [2.05, 4.69) is 118 Å². The Morgan fingerprint density at radius 3 is 0.887 bits per heavy atom. The van der Waals surface area contributed by atoms with Crippen LogP contribution in [0.15, 0.2) is 97.2 Å². The quantitative estimate of drug-likeness (QED) is 0.0261. The molecule has 6 nitrogen and oxygen atoms in total. The molecule has 0 saturated carbocycles. The van der Waals surface area contributed by atoms with Crippen molar-refractivity contribution < 1.29 is 28.6 Å². The van der Waals surface area contributed by atoms with Gasteiger partial charge < -0.3 is 14.2 Å². The minimum Gasteiger partial charge on any atom is -0.462 e. The molecule has 0 aliphatic rings. The zero-order chi connectivity index (χ0) is 51.4. The lowest BCUT2D eigenvalue weighted by Crippen LogP contribution is -2.30. The van der Waals surface area contributed by atoms with E-state index < -0.39 is 6.10 Å². The van der Waals surface area contributed by atoms with Crippen LogP contribution in [0.3, 0.4) is 0 Å². The Kier molecular flexibility index (Phi) is 55.9. The first kappa shape index (κ1) is 67.3. The Morgan fingerprint density at radius 2 is 0.549 bits per heavy atom. The van der Waals surface area contributed by atoms with Gasteiger partial charge in [0.2, 0.25) is 0 Å². The molecule has 0 saturated heterocycles. The molecule has 0 amide bonds. The SMILES string of the molecule is CC/C=C\C/C=C\C/C=C\C/C=C\CCCCCCCCC(=O)OC(COC(=O)CCCCCCC/C=C\CCCCCC)COC(=O)CCCCCCCC/C=C\C/C=C\C/C=C\CCCCCCC. The fourth-order valence-electron chi connectivity index (χ4n) is 8.08. The van der Waals surface area contributed by atoms with Crippen LogP contribution in [0.25, 0.3) is 0 Å². The summed E-state index contributed by atoms with van der Waals surface area (Å²) >= 11 is 0. The fourth-order valence-corrected chi connectivity index (χ4v) is 8.08. The van der Waals surface area contributed by atoms with Crippen molar-refractivity contribution >= 4 is 17.9 Å². The molecule has 0 aromatic carbocycles. The van der Waals surface area contributed by atoms with Crippen molar-refractivity contribution in [1.29, 1.82) is 0 Å². The smallest absolute Gasteiger partial charge is 0.306 e. The molecule has 0 N–H and O–H groups in total. The van der Waals surface area contributed by atoms with Gasteiger partial charge in [-0.15, -0.1) is 0 Å². The maximum atomic E-state index is 12.9. The average molecular weight is 988 g/mol. The van der Waals surface area contributed by atoms with Gasteiger partial charge in [0.15, 0.2) is 6.10 Å². The molecule has 6 heteroatoms. The molecule has 71 heavy (non-hydrogen) atoms. The normalized spacial score (nSPS) is 12.8. The Hall–Kier alpha value is -3.67. The number of unbranched alkanes of at least 4 members (excludes halogenated alkanes) is 26. The van der Waals surface area contributed by atoms with Gasteiger partial charge in [-0.25, -0.2) is 0 Å². The minimum absolute atomic E-state index is 0.0925. The van der Waals surface area contributed by atoms with Crippen molar-refractivity contribution in [3.8, 4) is 0 Å². The third-order valence-electron chi connectivity index (χ3n) is 12.5. The summed E-state index contributed by atoms with van der Waals surface area (Å²) in [4.78, 5) is 38.2. The summed E-state index contributed by atoms with van der Waals surface area (Å²) < 4.78 is 16.9. The van der Waals surface area contributed by atoms with Crippen LogP contribution in [0.2, 0.25) is 0 Å². The lowest BCUT2D eigenvalue weighted by Gasteiger charge is -2.18. The predicted octanol–water partition coefficient (Wildman–Crippen LogP) is 20.1. The van der Waals surface area contributed by atoms with Gasteiger partial charge in [-0.05, 0) is 122 Å². The van der Waals surface area contributed by atoms with Gasteiger partial charge in [0.1, 0.15) is 13.2 Å². The van der Waals surface area contributed by atoms with Crippen LogP contribution in [0.5, 0.6) is 0 Å². The summed E-state index contributed by atoms with van der Waals surface area (Å²) in [6.45, 7) is 6.48. The first-order valence-corrected chi connectivity index (χ1v) is 29.7. The first-order chi connectivity index (χ1) is 35.0. The lowest BCUT2D eigenvalue weighted by atomic mass is 10.1. The Balaban J connectivity index is 4.43. The molecular formula is C65H110O6. The van der Waals surface area contributed by atoms with Gasteiger partial charge in [-0.1, -0.05) is 234 Å². The monoisotopic (exact) mass is 987 g/mol. The van der Waals surface area contributed by atoms with E-state index in [-0.39, 0.29) is 31.1 Å². The van der Waals surface area contributed by atoms with E-state index in [1.807, 2.05) is 0 Å². The van der Waals surface area contributed by atoms with Gasteiger partial charge in [0, 0.05) is 19.3 Å². The summed E-state index contributed by atoms with van der Waals surface area (Å²) in [5.74, 6) is -0.923. The maximum Gasteiger partial charge on any atom is 0.306 e. The van der Waals surface area contributed by atoms with Crippen molar-refractivity contribution in [2.24, 2.45) is 0 Å². The van der Waals surface area contributed by atoms with Gasteiger partial charge >= 0.3 is 17.9 Å². The molecule has 0 spiro atoms. The van der Waals surface area contributed by atoms with Crippen LogP contribution in [0, 0.1) is 0 Å². The summed E-state index contributed by atoms with van der Waals surface area (Å²) in [5, 5.41) is 0. The van der Waals surface area contributed by atoms with E-state index in [1.165, 1.54) is 116 Å². The molecule has 0 bridgehead atoms. The fraction of sp³-hybridized carbons (Fsp3) is 0.708. The summed E-state index contributed by atoms with van der Waals surface area (Å²) in [7, 11) is 0. The largest absolute Gasteiger partial charge is 0.462 e. The number of carbonyl (C=O) groups is 3. The standard InChI is InChI=1S/C65H110O6/c1-4-7-10-13-16-19-22-25-27-29-31-32-34-35-37-40-43-46-49-52-55-58-64(67)70-61-62(60-69-63(66)57-54-51-48-45-42-39-24-21-18-15-12-9-6-3)71-65(68)59-56-53-50-47-44-41-38-36-33-30-28-26-23-20-17-14-11-8-5-2/h8,11,17,20-22,24-26,28-29,31,33-36,62H,4-7,9-10,12-16,18-19,23,27,30,32,37-61H2,1-3H3/b11-8-,20-17-,24-21-,25-22-,28-26-,31-29-,35-34-,36-33-. The summed E-state index contributed by atoms with van der Waals surface area (Å²) in [6.07, 6.45) is 78.2. The van der Waals surface area contributed by atoms with Gasteiger partial charge in [-0.2, -0.15) is 0 Å². The number of carbonyl (C=O) groups excluding carboxylic acids is 3. The van der Waals surface area contributed by atoms with E-state index in [0.717, 1.165) is 122 Å². The number of ether oxygens (including phenoxy) is 3. The topological polar surface area (TPSA) is 78.9 Å². The molecule has 0 aliphatic heterocycles. The molecular weight excluding hydrogens is 877 g/mol. The third kappa shape index (κ3) is 57.1. The van der Waals surface area contributed by atoms with E-state index in [1.54, 1.807) is 0 Å². The van der Waals surface area contributed by atoms with E-state index in [9.17, 15) is 14.4 Å². The number of hydrogen-bond acceptors (Lipinski definition) is 6. The third-order valence-corrected chi connectivity index (χ3v) is 12.5. The van der Waals surface area contributed by atoms with Gasteiger partial charge in [0.25, 0.3) is 0 Å². The van der Waals surface area contributed by atoms with Crippen LogP contribution in [-0.4, -0.2) is 37.2 Å². The van der Waals surface area contributed by atoms with Crippen molar-refractivity contribution in [3.63, 3.8) is 0 Å². The van der Waals surface area contributed by atoms with Crippen molar-refractivity contribution in [2.45, 2.75) is 284 Å². The molecule has 0 aromatic heterocycles. The van der Waals surface area contributed by atoms with E-state index in [0.29, 0.717) is 19.3 Å². The lowest BCUT2D eigenvalue weighted by molar-refractivity contribution is -0.167. The molecule has 0 aromatic rings. The highest BCUT2D eigenvalue weighted by Crippen LogP contribution is 2.14. The Morgan fingerprint density at radius 1 is 0.296 bits per heavy atom. The first-order valence-electron chi connectivity index (χ1n) is 29.7. The molecule has 1 unspecified atom stereocenters. The highest BCUT2D eigenvalue weighted by atomic mass is 16.6. The number of rotatable bonds is 53. The summed E-state index contributed by atoms with van der Waals surface area (Å²) in [6, 6.07) is 0. The molecule has 406 valence electrons. The zero-order valence-corrected chi connectivity index (χ0v) is 46.5. The minimum atomic E-state index is -0.796. The van der Waals surface area contributed by atoms with Crippen LogP contribution in [-0.2, 0) is 28.6 Å². The zero-order valence-electron chi connectivity index (χ0n) is 46.5.